The molecule has 2 aromatic carbocycles. The van der Waals surface area contributed by atoms with Crippen LogP contribution in [0.4, 0.5) is 10.1 Å². The second-order valence-corrected chi connectivity index (χ2v) is 6.56. The van der Waals surface area contributed by atoms with E-state index in [9.17, 15) is 24.2 Å². The molecule has 1 aliphatic carbocycles. The Kier molecular flexibility index (Phi) is 5.32. The normalized spacial score (nSPS) is 15.9. The van der Waals surface area contributed by atoms with Crippen molar-refractivity contribution < 1.29 is 24.2 Å². The molecule has 1 atom stereocenters. The Bertz CT molecular complexity index is 954. The molecule has 2 aromatic rings. The van der Waals surface area contributed by atoms with Gasteiger partial charge in [-0.05, 0) is 29.8 Å². The highest BCUT2D eigenvalue weighted by Crippen LogP contribution is 2.32. The van der Waals surface area contributed by atoms with Crippen LogP contribution in [0.2, 0.25) is 0 Å². The Balaban J connectivity index is 1.81. The van der Waals surface area contributed by atoms with E-state index in [4.69, 9.17) is 0 Å². The van der Waals surface area contributed by atoms with E-state index in [-0.39, 0.29) is 46.7 Å². The number of phenolic OH excluding ortho intramolecular Hbond substituents is 1. The summed E-state index contributed by atoms with van der Waals surface area (Å²) in [6.45, 7) is 0.274. The molecular weight excluding hydrogens is 365 g/mol. The Morgan fingerprint density at radius 1 is 1.18 bits per heavy atom. The summed E-state index contributed by atoms with van der Waals surface area (Å²) in [5.41, 5.74) is 1.38. The van der Waals surface area contributed by atoms with Crippen molar-refractivity contribution in [2.75, 3.05) is 19.4 Å². The minimum absolute atomic E-state index is 0.0868. The van der Waals surface area contributed by atoms with E-state index in [2.05, 4.69) is 10.6 Å². The number of carbonyl (C=O) groups is 2. The number of rotatable bonds is 6. The number of amides is 1. The lowest BCUT2D eigenvalue weighted by molar-refractivity contribution is -0.124. The Morgan fingerprint density at radius 3 is 2.50 bits per heavy atom. The number of hydrogen-bond donors (Lipinski definition) is 4. The number of aliphatic hydroxyl groups is 1. The first-order valence-electron chi connectivity index (χ1n) is 8.55. The van der Waals surface area contributed by atoms with E-state index in [0.29, 0.717) is 0 Å². The lowest BCUT2D eigenvalue weighted by Crippen LogP contribution is -2.45. The van der Waals surface area contributed by atoms with Crippen molar-refractivity contribution in [1.82, 2.24) is 10.2 Å². The van der Waals surface area contributed by atoms with E-state index < -0.39 is 11.9 Å². The highest BCUT2D eigenvalue weighted by atomic mass is 19.1. The monoisotopic (exact) mass is 385 g/mol. The molecule has 0 saturated carbocycles. The van der Waals surface area contributed by atoms with Gasteiger partial charge in [0.05, 0.1) is 16.9 Å². The molecule has 0 heterocycles. The zero-order valence-corrected chi connectivity index (χ0v) is 15.4. The van der Waals surface area contributed by atoms with Crippen LogP contribution in [0.5, 0.6) is 5.75 Å². The number of nitrogens with zero attached hydrogens (tertiary/aromatic N) is 1. The van der Waals surface area contributed by atoms with Crippen molar-refractivity contribution >= 4 is 17.4 Å². The number of anilines is 1. The number of hydrogen-bond acceptors (Lipinski definition) is 6. The molecule has 0 aromatic heterocycles. The van der Waals surface area contributed by atoms with Crippen LogP contribution in [0.15, 0.2) is 53.9 Å². The quantitative estimate of drug-likeness (QED) is 0.564. The number of aliphatic hydroxyl groups excluding tert-OH is 1. The second-order valence-electron chi connectivity index (χ2n) is 6.56. The van der Waals surface area contributed by atoms with Gasteiger partial charge in [-0.15, -0.1) is 0 Å². The maximum atomic E-state index is 13.0. The highest BCUT2D eigenvalue weighted by Gasteiger charge is 2.38. The van der Waals surface area contributed by atoms with Crippen molar-refractivity contribution in [1.29, 1.82) is 0 Å². The van der Waals surface area contributed by atoms with Gasteiger partial charge in [0.15, 0.2) is 11.9 Å². The average molecular weight is 385 g/mol. The molecule has 28 heavy (non-hydrogen) atoms. The van der Waals surface area contributed by atoms with Crippen molar-refractivity contribution in [2.24, 2.45) is 0 Å². The Hall–Kier alpha value is -3.39. The molecule has 1 amide bonds. The summed E-state index contributed by atoms with van der Waals surface area (Å²) in [6, 6.07) is 10.4. The van der Waals surface area contributed by atoms with Crippen molar-refractivity contribution in [2.45, 2.75) is 12.6 Å². The van der Waals surface area contributed by atoms with Crippen molar-refractivity contribution in [3.63, 3.8) is 0 Å². The number of Topliss-reactive ketones (excluding diaryl/α,β-unsaturated/α-hetero) is 1. The molecule has 0 spiro atoms. The molecule has 1 unspecified atom stereocenters. The predicted molar refractivity (Wildman–Crippen MR) is 101 cm³/mol. The number of phenols is 1. The molecule has 0 bridgehead atoms. The van der Waals surface area contributed by atoms with Crippen LogP contribution in [0.25, 0.3) is 0 Å². The third-order valence-corrected chi connectivity index (χ3v) is 4.37. The third kappa shape index (κ3) is 3.67. The van der Waals surface area contributed by atoms with E-state index in [0.717, 1.165) is 5.56 Å². The Morgan fingerprint density at radius 2 is 1.86 bits per heavy atom. The van der Waals surface area contributed by atoms with Gasteiger partial charge < -0.3 is 25.7 Å². The molecule has 146 valence electrons. The van der Waals surface area contributed by atoms with Crippen LogP contribution >= 0.6 is 0 Å². The fraction of sp³-hybridized carbons (Fsp3) is 0.200. The van der Waals surface area contributed by atoms with Gasteiger partial charge in [-0.1, -0.05) is 18.2 Å². The van der Waals surface area contributed by atoms with Crippen LogP contribution in [-0.4, -0.2) is 47.0 Å². The van der Waals surface area contributed by atoms with E-state index >= 15 is 0 Å². The predicted octanol–water partition coefficient (Wildman–Crippen LogP) is 1.59. The fourth-order valence-corrected chi connectivity index (χ4v) is 2.77. The molecule has 0 radical (unpaired) electrons. The average Bonchev–Trinajstić information content (AvgIpc) is 2.68. The van der Waals surface area contributed by atoms with Crippen LogP contribution in [0, 0.1) is 5.82 Å². The molecule has 1 aliphatic rings. The van der Waals surface area contributed by atoms with Crippen molar-refractivity contribution in [3.8, 4) is 5.75 Å². The molecule has 0 aliphatic heterocycles. The molecule has 3 rings (SSSR count). The van der Waals surface area contributed by atoms with Gasteiger partial charge in [-0.2, -0.15) is 0 Å². The third-order valence-electron chi connectivity index (χ3n) is 4.37. The van der Waals surface area contributed by atoms with Crippen LogP contribution in [0.1, 0.15) is 15.9 Å². The van der Waals surface area contributed by atoms with Crippen LogP contribution in [-0.2, 0) is 11.3 Å². The van der Waals surface area contributed by atoms with Gasteiger partial charge >= 0.3 is 0 Å². The first kappa shape index (κ1) is 19.4. The molecule has 0 fully saturated rings. The first-order chi connectivity index (χ1) is 13.3. The summed E-state index contributed by atoms with van der Waals surface area (Å²) in [4.78, 5) is 25.5. The smallest absolute Gasteiger partial charge is 0.257 e. The number of nitrogens with one attached hydrogen (secondary N) is 2. The summed E-state index contributed by atoms with van der Waals surface area (Å²) in [5.74, 6) is -1.57. The number of ketones is 1. The molecule has 0 saturated heterocycles. The SMILES string of the molecule is CN(C)C(=O)c1cccc(NC2=C(NCc3ccc(F)cc3)C(O)C2=O)c1O. The lowest BCUT2D eigenvalue weighted by Gasteiger charge is -2.30. The molecule has 8 heteroatoms. The summed E-state index contributed by atoms with van der Waals surface area (Å²) in [7, 11) is 3.13. The molecule has 7 nitrogen and oxygen atoms in total. The maximum absolute atomic E-state index is 13.0. The maximum Gasteiger partial charge on any atom is 0.257 e. The van der Waals surface area contributed by atoms with E-state index in [1.807, 2.05) is 0 Å². The van der Waals surface area contributed by atoms with E-state index in [1.165, 1.54) is 29.2 Å². The zero-order valence-electron chi connectivity index (χ0n) is 15.4. The minimum Gasteiger partial charge on any atom is -0.505 e. The topological polar surface area (TPSA) is 102 Å². The summed E-state index contributed by atoms with van der Waals surface area (Å²) in [6.07, 6.45) is -1.31. The molecule has 4 N–H and O–H groups in total. The van der Waals surface area contributed by atoms with Gasteiger partial charge in [-0.3, -0.25) is 9.59 Å². The number of benzene rings is 2. The zero-order chi connectivity index (χ0) is 20.4. The van der Waals surface area contributed by atoms with Crippen molar-refractivity contribution in [3.05, 3.63) is 70.8 Å². The largest absolute Gasteiger partial charge is 0.505 e. The standard InChI is InChI=1S/C20H20FN3O4/c1-24(2)20(28)13-4-3-5-14(17(13)25)23-16-15(18(26)19(16)27)22-10-11-6-8-12(21)9-7-11/h3-9,18,22-23,25-26H,10H2,1-2H3. The summed E-state index contributed by atoms with van der Waals surface area (Å²) < 4.78 is 13.0. The first-order valence-corrected chi connectivity index (χ1v) is 8.55. The van der Waals surface area contributed by atoms with Gasteiger partial charge in [-0.25, -0.2) is 4.39 Å². The second kappa shape index (κ2) is 7.69. The number of carbonyl (C=O) groups excluding carboxylic acids is 2. The van der Waals surface area contributed by atoms with E-state index in [1.54, 1.807) is 32.3 Å². The van der Waals surface area contributed by atoms with Gasteiger partial charge in [0.2, 0.25) is 5.78 Å². The van der Waals surface area contributed by atoms with Gasteiger partial charge in [0.1, 0.15) is 11.5 Å². The summed E-state index contributed by atoms with van der Waals surface area (Å²) in [5, 5.41) is 26.1. The lowest BCUT2D eigenvalue weighted by atomic mass is 9.94. The number of para-hydroxylation sites is 1. The summed E-state index contributed by atoms with van der Waals surface area (Å²) >= 11 is 0. The van der Waals surface area contributed by atoms with Gasteiger partial charge in [0.25, 0.3) is 5.91 Å². The minimum atomic E-state index is -1.31. The van der Waals surface area contributed by atoms with Crippen LogP contribution < -0.4 is 10.6 Å². The highest BCUT2D eigenvalue weighted by molar-refractivity contribution is 6.11. The van der Waals surface area contributed by atoms with Crippen LogP contribution in [0.3, 0.4) is 0 Å². The van der Waals surface area contributed by atoms with Gasteiger partial charge in [0, 0.05) is 20.6 Å². The number of halogens is 1. The number of aromatic hydroxyl groups is 1. The Labute approximate surface area is 161 Å². The molecular formula is C20H20FN3O4. The fourth-order valence-electron chi connectivity index (χ4n) is 2.77.